The van der Waals surface area contributed by atoms with Gasteiger partial charge in [-0.3, -0.25) is 4.79 Å². The van der Waals surface area contributed by atoms with E-state index in [1.54, 1.807) is 6.92 Å². The lowest BCUT2D eigenvalue weighted by molar-refractivity contribution is -0.169. The Balaban J connectivity index is 2.12. The molecule has 1 aliphatic rings. The van der Waals surface area contributed by atoms with E-state index in [9.17, 15) is 4.79 Å². The van der Waals surface area contributed by atoms with Gasteiger partial charge in [-0.15, -0.1) is 0 Å². The van der Waals surface area contributed by atoms with Gasteiger partial charge in [0.25, 0.3) is 6.47 Å². The molecule has 1 fully saturated rings. The first-order chi connectivity index (χ1) is 5.33. The summed E-state index contributed by atoms with van der Waals surface area (Å²) in [5.41, 5.74) is 0. The lowest BCUT2D eigenvalue weighted by atomic mass is 10.3. The van der Waals surface area contributed by atoms with Crippen LogP contribution in [0, 0.1) is 0 Å². The quantitative estimate of drug-likeness (QED) is 0.459. The van der Waals surface area contributed by atoms with Gasteiger partial charge in [-0.05, 0) is 19.8 Å². The summed E-state index contributed by atoms with van der Waals surface area (Å²) in [6.07, 6.45) is 4.61. The minimum Gasteiger partial charge on any atom is -0.438 e. The van der Waals surface area contributed by atoms with Gasteiger partial charge in [-0.2, -0.15) is 0 Å². The summed E-state index contributed by atoms with van der Waals surface area (Å²) < 4.78 is 10.00. The van der Waals surface area contributed by atoms with E-state index < -0.39 is 0 Å². The van der Waals surface area contributed by atoms with Crippen molar-refractivity contribution in [2.24, 2.45) is 0 Å². The smallest absolute Gasteiger partial charge is 0.295 e. The van der Waals surface area contributed by atoms with E-state index in [4.69, 9.17) is 4.74 Å². The molecule has 64 valence electrons. The molecule has 1 aliphatic carbocycles. The third-order valence-electron chi connectivity index (χ3n) is 1.93. The molecule has 11 heavy (non-hydrogen) atoms. The third-order valence-corrected chi connectivity index (χ3v) is 1.93. The van der Waals surface area contributed by atoms with Crippen molar-refractivity contribution in [3.8, 4) is 0 Å². The molecule has 0 aromatic heterocycles. The summed E-state index contributed by atoms with van der Waals surface area (Å²) in [5.74, 6) is 0. The summed E-state index contributed by atoms with van der Waals surface area (Å²) in [5, 5.41) is 0. The Bertz CT molecular complexity index is 119. The topological polar surface area (TPSA) is 35.5 Å². The first kappa shape index (κ1) is 8.53. The normalized spacial score (nSPS) is 21.5. The van der Waals surface area contributed by atoms with Crippen LogP contribution < -0.4 is 0 Å². The van der Waals surface area contributed by atoms with E-state index in [1.165, 1.54) is 12.8 Å². The molecule has 1 atom stereocenters. The predicted octanol–water partition coefficient (Wildman–Crippen LogP) is 1.46. The fraction of sp³-hybridized carbons (Fsp3) is 0.875. The molecule has 0 bridgehead atoms. The van der Waals surface area contributed by atoms with Crippen LogP contribution in [-0.2, 0) is 14.3 Å². The van der Waals surface area contributed by atoms with E-state index in [1.807, 2.05) is 0 Å². The second-order valence-electron chi connectivity index (χ2n) is 2.84. The van der Waals surface area contributed by atoms with Gasteiger partial charge >= 0.3 is 0 Å². The monoisotopic (exact) mass is 158 g/mol. The highest BCUT2D eigenvalue weighted by Gasteiger charge is 2.18. The summed E-state index contributed by atoms with van der Waals surface area (Å²) in [6, 6.07) is 0. The van der Waals surface area contributed by atoms with Crippen LogP contribution in [0.25, 0.3) is 0 Å². The molecule has 0 spiro atoms. The van der Waals surface area contributed by atoms with E-state index in [-0.39, 0.29) is 6.29 Å². The molecule has 0 aromatic carbocycles. The first-order valence-corrected chi connectivity index (χ1v) is 4.07. The second kappa shape index (κ2) is 4.34. The van der Waals surface area contributed by atoms with E-state index in [0.29, 0.717) is 12.6 Å². The molecule has 0 radical (unpaired) electrons. The van der Waals surface area contributed by atoms with Crippen molar-refractivity contribution in [1.29, 1.82) is 0 Å². The van der Waals surface area contributed by atoms with Gasteiger partial charge in [-0.25, -0.2) is 0 Å². The van der Waals surface area contributed by atoms with Crippen LogP contribution in [0.2, 0.25) is 0 Å². The highest BCUT2D eigenvalue weighted by molar-refractivity contribution is 5.37. The van der Waals surface area contributed by atoms with Gasteiger partial charge in [0, 0.05) is 0 Å². The molecule has 0 aliphatic heterocycles. The van der Waals surface area contributed by atoms with E-state index in [0.717, 1.165) is 12.8 Å². The van der Waals surface area contributed by atoms with Gasteiger partial charge in [0.1, 0.15) is 0 Å². The van der Waals surface area contributed by atoms with Crippen molar-refractivity contribution in [1.82, 2.24) is 0 Å². The Hall–Kier alpha value is -0.570. The summed E-state index contributed by atoms with van der Waals surface area (Å²) >= 11 is 0. The van der Waals surface area contributed by atoms with Crippen molar-refractivity contribution in [2.75, 3.05) is 0 Å². The Labute approximate surface area is 66.7 Å². The summed E-state index contributed by atoms with van der Waals surface area (Å²) in [4.78, 5) is 9.89. The van der Waals surface area contributed by atoms with Gasteiger partial charge in [0.05, 0.1) is 6.10 Å². The van der Waals surface area contributed by atoms with Gasteiger partial charge in [0.15, 0.2) is 6.29 Å². The zero-order valence-corrected chi connectivity index (χ0v) is 6.79. The standard InChI is InChI=1S/C8H14O3/c1-7(10-6-9)11-8-4-2-3-5-8/h6-8H,2-5H2,1H3. The number of ether oxygens (including phenoxy) is 2. The van der Waals surface area contributed by atoms with Gasteiger partial charge in [0.2, 0.25) is 0 Å². The molecule has 0 aromatic rings. The van der Waals surface area contributed by atoms with Gasteiger partial charge < -0.3 is 9.47 Å². The molecule has 0 heterocycles. The minimum atomic E-state index is -0.379. The molecular weight excluding hydrogens is 144 g/mol. The third kappa shape index (κ3) is 2.89. The van der Waals surface area contributed by atoms with Crippen LogP contribution in [0.1, 0.15) is 32.6 Å². The number of carbonyl (C=O) groups is 1. The number of hydrogen-bond donors (Lipinski definition) is 0. The predicted molar refractivity (Wildman–Crippen MR) is 40.0 cm³/mol. The average Bonchev–Trinajstić information content (AvgIpc) is 2.40. The summed E-state index contributed by atoms with van der Waals surface area (Å²) in [7, 11) is 0. The van der Waals surface area contributed by atoms with Crippen LogP contribution >= 0.6 is 0 Å². The maximum Gasteiger partial charge on any atom is 0.295 e. The van der Waals surface area contributed by atoms with E-state index in [2.05, 4.69) is 4.74 Å². The lowest BCUT2D eigenvalue weighted by Crippen LogP contribution is -2.19. The Morgan fingerprint density at radius 1 is 1.45 bits per heavy atom. The molecule has 0 saturated heterocycles. The molecule has 1 rings (SSSR count). The first-order valence-electron chi connectivity index (χ1n) is 4.07. The molecule has 0 amide bonds. The van der Waals surface area contributed by atoms with Crippen molar-refractivity contribution in [2.45, 2.75) is 45.0 Å². The van der Waals surface area contributed by atoms with Crippen molar-refractivity contribution in [3.05, 3.63) is 0 Å². The Morgan fingerprint density at radius 2 is 2.09 bits per heavy atom. The lowest BCUT2D eigenvalue weighted by Gasteiger charge is -2.15. The molecular formula is C8H14O3. The van der Waals surface area contributed by atoms with Crippen LogP contribution in [-0.4, -0.2) is 18.9 Å². The van der Waals surface area contributed by atoms with Crippen LogP contribution in [0.4, 0.5) is 0 Å². The summed E-state index contributed by atoms with van der Waals surface area (Å²) in [6.45, 7) is 2.17. The molecule has 0 N–H and O–H groups in total. The zero-order valence-electron chi connectivity index (χ0n) is 6.79. The van der Waals surface area contributed by atoms with E-state index >= 15 is 0 Å². The number of carbonyl (C=O) groups excluding carboxylic acids is 1. The fourth-order valence-electron chi connectivity index (χ4n) is 1.41. The molecule has 3 heteroatoms. The molecule has 1 saturated carbocycles. The van der Waals surface area contributed by atoms with Crippen LogP contribution in [0.5, 0.6) is 0 Å². The molecule has 3 nitrogen and oxygen atoms in total. The largest absolute Gasteiger partial charge is 0.438 e. The Morgan fingerprint density at radius 3 is 2.64 bits per heavy atom. The van der Waals surface area contributed by atoms with Crippen LogP contribution in [0.15, 0.2) is 0 Å². The minimum absolute atomic E-state index is 0.310. The zero-order chi connectivity index (χ0) is 8.10. The van der Waals surface area contributed by atoms with Gasteiger partial charge in [-0.1, -0.05) is 12.8 Å². The maximum atomic E-state index is 9.89. The maximum absolute atomic E-state index is 9.89. The van der Waals surface area contributed by atoms with Crippen molar-refractivity contribution in [3.63, 3.8) is 0 Å². The number of hydrogen-bond acceptors (Lipinski definition) is 3. The molecule has 1 unspecified atom stereocenters. The Kier molecular flexibility index (Phi) is 3.36. The van der Waals surface area contributed by atoms with Crippen LogP contribution in [0.3, 0.4) is 0 Å². The fourth-order valence-corrected chi connectivity index (χ4v) is 1.41. The second-order valence-corrected chi connectivity index (χ2v) is 2.84. The van der Waals surface area contributed by atoms with Crippen molar-refractivity contribution >= 4 is 6.47 Å². The SMILES string of the molecule is CC(OC=O)OC1CCCC1. The number of rotatable bonds is 4. The average molecular weight is 158 g/mol. The highest BCUT2D eigenvalue weighted by atomic mass is 16.7. The van der Waals surface area contributed by atoms with Crippen molar-refractivity contribution < 1.29 is 14.3 Å². The highest BCUT2D eigenvalue weighted by Crippen LogP contribution is 2.21.